The van der Waals surface area contributed by atoms with Gasteiger partial charge in [-0.25, -0.2) is 0 Å². The molecule has 1 rings (SSSR count). The molecule has 3 nitrogen and oxygen atoms in total. The molecule has 0 aliphatic carbocycles. The van der Waals surface area contributed by atoms with Crippen molar-refractivity contribution in [1.29, 1.82) is 0 Å². The molecule has 0 aromatic carbocycles. The normalized spacial score (nSPS) is 12.1. The van der Waals surface area contributed by atoms with E-state index < -0.39 is 12.6 Å². The molecule has 14 heavy (non-hydrogen) atoms. The molecule has 1 aromatic heterocycles. The van der Waals surface area contributed by atoms with E-state index in [1.54, 1.807) is 13.8 Å². The molecule has 0 bridgehead atoms. The van der Waals surface area contributed by atoms with Gasteiger partial charge in [0.15, 0.2) is 0 Å². The summed E-state index contributed by atoms with van der Waals surface area (Å²) >= 11 is 0. The van der Waals surface area contributed by atoms with Gasteiger partial charge in [0.2, 0.25) is 0 Å². The van der Waals surface area contributed by atoms with E-state index in [9.17, 15) is 13.2 Å². The van der Waals surface area contributed by atoms with E-state index in [0.29, 0.717) is 17.1 Å². The van der Waals surface area contributed by atoms with Gasteiger partial charge < -0.3 is 5.73 Å². The van der Waals surface area contributed by atoms with Crippen LogP contribution < -0.4 is 5.73 Å². The molecule has 80 valence electrons. The molecule has 0 radical (unpaired) electrons. The largest absolute Gasteiger partial charge is 0.396 e. The van der Waals surface area contributed by atoms with E-state index in [4.69, 9.17) is 5.73 Å². The van der Waals surface area contributed by atoms with Crippen molar-refractivity contribution in [3.05, 3.63) is 11.4 Å². The molecular weight excluding hydrogens is 195 g/mol. The maximum absolute atomic E-state index is 11.9. The quantitative estimate of drug-likeness (QED) is 0.806. The number of hydrogen-bond donors (Lipinski definition) is 1. The highest BCUT2D eigenvalue weighted by Crippen LogP contribution is 2.22. The Balaban J connectivity index is 2.73. The average molecular weight is 207 g/mol. The maximum Gasteiger partial charge on any atom is 0.390 e. The van der Waals surface area contributed by atoms with Gasteiger partial charge in [0.1, 0.15) is 0 Å². The Kier molecular flexibility index (Phi) is 2.73. The van der Waals surface area contributed by atoms with Crippen LogP contribution >= 0.6 is 0 Å². The first kappa shape index (κ1) is 10.9. The molecule has 1 heterocycles. The van der Waals surface area contributed by atoms with Crippen LogP contribution in [0.15, 0.2) is 0 Å². The van der Waals surface area contributed by atoms with Gasteiger partial charge in [-0.1, -0.05) is 0 Å². The molecule has 0 aliphatic heterocycles. The van der Waals surface area contributed by atoms with Crippen molar-refractivity contribution in [3.63, 3.8) is 0 Å². The summed E-state index contributed by atoms with van der Waals surface area (Å²) in [5.74, 6) is 0. The fraction of sp³-hybridized carbons (Fsp3) is 0.625. The van der Waals surface area contributed by atoms with Crippen LogP contribution in [0.3, 0.4) is 0 Å². The van der Waals surface area contributed by atoms with Gasteiger partial charge in [-0.15, -0.1) is 0 Å². The fourth-order valence-corrected chi connectivity index (χ4v) is 1.16. The number of aromatic nitrogens is 2. The number of alkyl halides is 3. The smallest absolute Gasteiger partial charge is 0.390 e. The number of anilines is 1. The Morgan fingerprint density at radius 3 is 2.29 bits per heavy atom. The lowest BCUT2D eigenvalue weighted by molar-refractivity contribution is -0.137. The summed E-state index contributed by atoms with van der Waals surface area (Å²) in [5.41, 5.74) is 7.21. The van der Waals surface area contributed by atoms with Crippen molar-refractivity contribution in [2.75, 3.05) is 5.73 Å². The molecule has 1 aromatic rings. The number of nitrogen functional groups attached to an aromatic ring is 1. The number of hydrogen-bond acceptors (Lipinski definition) is 2. The highest BCUT2D eigenvalue weighted by Gasteiger charge is 2.27. The number of nitrogens with zero attached hydrogens (tertiary/aromatic N) is 2. The van der Waals surface area contributed by atoms with Gasteiger partial charge >= 0.3 is 6.18 Å². The van der Waals surface area contributed by atoms with Crippen molar-refractivity contribution in [2.24, 2.45) is 0 Å². The lowest BCUT2D eigenvalue weighted by Crippen LogP contribution is -2.14. The monoisotopic (exact) mass is 207 g/mol. The van der Waals surface area contributed by atoms with Gasteiger partial charge in [0.05, 0.1) is 23.5 Å². The molecule has 0 atom stereocenters. The third-order valence-electron chi connectivity index (χ3n) is 2.04. The third-order valence-corrected chi connectivity index (χ3v) is 2.04. The first-order valence-electron chi connectivity index (χ1n) is 4.17. The fourth-order valence-electron chi connectivity index (χ4n) is 1.16. The molecule has 2 N–H and O–H groups in total. The van der Waals surface area contributed by atoms with Gasteiger partial charge in [0, 0.05) is 6.54 Å². The predicted molar refractivity (Wildman–Crippen MR) is 46.8 cm³/mol. The van der Waals surface area contributed by atoms with E-state index in [-0.39, 0.29) is 6.54 Å². The van der Waals surface area contributed by atoms with Crippen LogP contribution in [0.5, 0.6) is 0 Å². The van der Waals surface area contributed by atoms with Crippen molar-refractivity contribution >= 4 is 5.69 Å². The Morgan fingerprint density at radius 1 is 1.36 bits per heavy atom. The van der Waals surface area contributed by atoms with Crippen LogP contribution in [-0.4, -0.2) is 16.0 Å². The minimum absolute atomic E-state index is 0.173. The second-order valence-electron chi connectivity index (χ2n) is 3.17. The number of rotatable bonds is 2. The lowest BCUT2D eigenvalue weighted by atomic mass is 10.3. The van der Waals surface area contributed by atoms with Crippen LogP contribution in [-0.2, 0) is 6.54 Å². The van der Waals surface area contributed by atoms with E-state index >= 15 is 0 Å². The maximum atomic E-state index is 11.9. The zero-order valence-corrected chi connectivity index (χ0v) is 8.02. The zero-order chi connectivity index (χ0) is 10.9. The van der Waals surface area contributed by atoms with Crippen molar-refractivity contribution < 1.29 is 13.2 Å². The average Bonchev–Trinajstić information content (AvgIpc) is 2.28. The SMILES string of the molecule is Cc1nn(CCC(F)(F)F)c(C)c1N. The summed E-state index contributed by atoms with van der Waals surface area (Å²) in [5, 5.41) is 3.90. The number of aryl methyl sites for hydroxylation is 2. The molecule has 0 unspecified atom stereocenters. The molecule has 0 spiro atoms. The topological polar surface area (TPSA) is 43.8 Å². The Labute approximate surface area is 79.7 Å². The first-order valence-corrected chi connectivity index (χ1v) is 4.17. The summed E-state index contributed by atoms with van der Waals surface area (Å²) in [4.78, 5) is 0. The van der Waals surface area contributed by atoms with Crippen molar-refractivity contribution in [3.8, 4) is 0 Å². The minimum Gasteiger partial charge on any atom is -0.396 e. The Bertz CT molecular complexity index is 327. The lowest BCUT2D eigenvalue weighted by Gasteiger charge is -2.07. The first-order chi connectivity index (χ1) is 6.31. The Hall–Kier alpha value is -1.20. The minimum atomic E-state index is -4.15. The van der Waals surface area contributed by atoms with Crippen LogP contribution in [0.4, 0.5) is 18.9 Å². The van der Waals surface area contributed by atoms with Crippen LogP contribution in [0.2, 0.25) is 0 Å². The molecule has 0 fully saturated rings. The van der Waals surface area contributed by atoms with Crippen molar-refractivity contribution in [1.82, 2.24) is 9.78 Å². The van der Waals surface area contributed by atoms with Crippen LogP contribution in [0.25, 0.3) is 0 Å². The summed E-state index contributed by atoms with van der Waals surface area (Å²) in [6.45, 7) is 3.16. The zero-order valence-electron chi connectivity index (χ0n) is 8.02. The van der Waals surface area contributed by atoms with Gasteiger partial charge in [-0.2, -0.15) is 18.3 Å². The molecular formula is C8H12F3N3. The molecule has 0 saturated carbocycles. The number of halogens is 3. The van der Waals surface area contributed by atoms with Crippen LogP contribution in [0.1, 0.15) is 17.8 Å². The highest BCUT2D eigenvalue weighted by atomic mass is 19.4. The van der Waals surface area contributed by atoms with Crippen molar-refractivity contribution in [2.45, 2.75) is 33.0 Å². The molecule has 0 saturated heterocycles. The summed E-state index contributed by atoms with van der Waals surface area (Å²) < 4.78 is 37.0. The van der Waals surface area contributed by atoms with Gasteiger partial charge in [0.25, 0.3) is 0 Å². The molecule has 0 amide bonds. The third kappa shape index (κ3) is 2.40. The van der Waals surface area contributed by atoms with E-state index in [1.807, 2.05) is 0 Å². The standard InChI is InChI=1S/C8H12F3N3/c1-5-7(12)6(2)14(13-5)4-3-8(9,10)11/h3-4,12H2,1-2H3. The van der Waals surface area contributed by atoms with E-state index in [2.05, 4.69) is 5.10 Å². The van der Waals surface area contributed by atoms with E-state index in [0.717, 1.165) is 0 Å². The second kappa shape index (κ2) is 3.51. The van der Waals surface area contributed by atoms with Crippen LogP contribution in [0, 0.1) is 13.8 Å². The summed E-state index contributed by atoms with van der Waals surface area (Å²) in [7, 11) is 0. The van der Waals surface area contributed by atoms with Gasteiger partial charge in [-0.3, -0.25) is 4.68 Å². The Morgan fingerprint density at radius 2 is 1.93 bits per heavy atom. The summed E-state index contributed by atoms with van der Waals surface area (Å²) in [6.07, 6.45) is -5.03. The van der Waals surface area contributed by atoms with E-state index in [1.165, 1.54) is 4.68 Å². The predicted octanol–water partition coefficient (Wildman–Crippen LogP) is 2.03. The summed E-state index contributed by atoms with van der Waals surface area (Å²) in [6, 6.07) is 0. The molecule has 0 aliphatic rings. The number of nitrogens with two attached hydrogens (primary N) is 1. The highest BCUT2D eigenvalue weighted by molar-refractivity contribution is 5.46. The molecule has 6 heteroatoms. The second-order valence-corrected chi connectivity index (χ2v) is 3.17. The van der Waals surface area contributed by atoms with Gasteiger partial charge in [-0.05, 0) is 13.8 Å².